The van der Waals surface area contributed by atoms with Gasteiger partial charge in [-0.25, -0.2) is 4.98 Å². The molecule has 3 rings (SSSR count). The molecule has 152 valence electrons. The Kier molecular flexibility index (Phi) is 7.62. The number of hydrogen-bond donors (Lipinski definition) is 2. The molecule has 0 unspecified atom stereocenters. The van der Waals surface area contributed by atoms with Crippen molar-refractivity contribution in [2.45, 2.75) is 63.0 Å². The summed E-state index contributed by atoms with van der Waals surface area (Å²) in [7, 11) is 0. The van der Waals surface area contributed by atoms with Gasteiger partial charge in [0.25, 0.3) is 0 Å². The molecule has 1 aromatic carbocycles. The van der Waals surface area contributed by atoms with Gasteiger partial charge in [-0.2, -0.15) is 0 Å². The summed E-state index contributed by atoms with van der Waals surface area (Å²) in [5.41, 5.74) is 0.959. The highest BCUT2D eigenvalue weighted by atomic mass is 35.5. The number of benzene rings is 1. The number of halogens is 1. The topological polar surface area (TPSA) is 79.9 Å². The molecule has 8 heteroatoms. The van der Waals surface area contributed by atoms with Crippen LogP contribution in [0.15, 0.2) is 23.4 Å². The fourth-order valence-electron chi connectivity index (χ4n) is 3.25. The van der Waals surface area contributed by atoms with Gasteiger partial charge in [0.05, 0.1) is 5.25 Å². The molecule has 1 heterocycles. The maximum atomic E-state index is 12.3. The monoisotopic (exact) mass is 422 g/mol. The Bertz CT molecular complexity index is 792. The lowest BCUT2D eigenvalue weighted by Crippen LogP contribution is -2.35. The highest BCUT2D eigenvalue weighted by Gasteiger charge is 2.19. The van der Waals surface area contributed by atoms with E-state index in [2.05, 4.69) is 20.5 Å². The zero-order chi connectivity index (χ0) is 19.9. The van der Waals surface area contributed by atoms with Gasteiger partial charge in [-0.3, -0.25) is 9.89 Å². The quantitative estimate of drug-likeness (QED) is 0.611. The second-order valence-electron chi connectivity index (χ2n) is 7.27. The SMILES string of the molecule is Cc1cc(OCc2nc(S[C@@H](C)C(=O)NCC3CCCCC3)n[nH]2)ccc1Cl. The van der Waals surface area contributed by atoms with Crippen LogP contribution >= 0.6 is 23.4 Å². The van der Waals surface area contributed by atoms with Gasteiger partial charge >= 0.3 is 0 Å². The van der Waals surface area contributed by atoms with Gasteiger partial charge in [-0.05, 0) is 56.4 Å². The lowest BCUT2D eigenvalue weighted by Gasteiger charge is -2.22. The number of thioether (sulfide) groups is 1. The Labute approximate surface area is 175 Å². The molecule has 28 heavy (non-hydrogen) atoms. The first-order valence-corrected chi connectivity index (χ1v) is 11.0. The molecule has 0 radical (unpaired) electrons. The number of ether oxygens (including phenoxy) is 1. The Hall–Kier alpha value is -1.73. The Morgan fingerprint density at radius 2 is 2.18 bits per heavy atom. The molecule has 1 aliphatic rings. The number of hydrogen-bond acceptors (Lipinski definition) is 5. The van der Waals surface area contributed by atoms with Gasteiger partial charge in [0.2, 0.25) is 11.1 Å². The van der Waals surface area contributed by atoms with Crippen molar-refractivity contribution in [3.05, 3.63) is 34.6 Å². The molecular formula is C20H27ClN4O2S. The molecule has 1 atom stereocenters. The summed E-state index contributed by atoms with van der Waals surface area (Å²) in [6.45, 7) is 4.86. The minimum Gasteiger partial charge on any atom is -0.486 e. The molecule has 0 saturated heterocycles. The fourth-order valence-corrected chi connectivity index (χ4v) is 4.13. The third-order valence-electron chi connectivity index (χ3n) is 4.96. The third kappa shape index (κ3) is 6.14. The maximum Gasteiger partial charge on any atom is 0.233 e. The van der Waals surface area contributed by atoms with E-state index in [9.17, 15) is 4.79 Å². The lowest BCUT2D eigenvalue weighted by molar-refractivity contribution is -0.120. The van der Waals surface area contributed by atoms with E-state index in [-0.39, 0.29) is 17.8 Å². The molecule has 2 aromatic rings. The van der Waals surface area contributed by atoms with Crippen molar-refractivity contribution in [2.24, 2.45) is 5.92 Å². The van der Waals surface area contributed by atoms with Gasteiger partial charge < -0.3 is 10.1 Å². The van der Waals surface area contributed by atoms with E-state index in [0.717, 1.165) is 17.9 Å². The average Bonchev–Trinajstić information content (AvgIpc) is 3.15. The highest BCUT2D eigenvalue weighted by Crippen LogP contribution is 2.24. The predicted molar refractivity (Wildman–Crippen MR) is 112 cm³/mol. The number of rotatable bonds is 8. The molecule has 1 amide bonds. The first-order valence-electron chi connectivity index (χ1n) is 9.76. The number of nitrogens with one attached hydrogen (secondary N) is 2. The third-order valence-corrected chi connectivity index (χ3v) is 6.34. The highest BCUT2D eigenvalue weighted by molar-refractivity contribution is 8.00. The number of carbonyl (C=O) groups is 1. The minimum absolute atomic E-state index is 0.0369. The van der Waals surface area contributed by atoms with Crippen LogP contribution in [0.5, 0.6) is 5.75 Å². The number of nitrogens with zero attached hydrogens (tertiary/aromatic N) is 2. The lowest BCUT2D eigenvalue weighted by atomic mass is 9.89. The zero-order valence-corrected chi connectivity index (χ0v) is 17.9. The summed E-state index contributed by atoms with van der Waals surface area (Å²) in [5.74, 6) is 2.00. The second-order valence-corrected chi connectivity index (χ2v) is 8.99. The smallest absolute Gasteiger partial charge is 0.233 e. The normalized spacial score (nSPS) is 16.0. The van der Waals surface area contributed by atoms with Crippen molar-refractivity contribution >= 4 is 29.3 Å². The van der Waals surface area contributed by atoms with E-state index >= 15 is 0 Å². The van der Waals surface area contributed by atoms with Crippen molar-refractivity contribution in [2.75, 3.05) is 6.54 Å². The number of H-pyrrole nitrogens is 1. The van der Waals surface area contributed by atoms with Crippen molar-refractivity contribution in [3.8, 4) is 5.75 Å². The molecule has 6 nitrogen and oxygen atoms in total. The molecule has 1 saturated carbocycles. The minimum atomic E-state index is -0.243. The summed E-state index contributed by atoms with van der Waals surface area (Å²) in [4.78, 5) is 16.7. The van der Waals surface area contributed by atoms with Crippen LogP contribution in [0.4, 0.5) is 0 Å². The largest absolute Gasteiger partial charge is 0.486 e. The van der Waals surface area contributed by atoms with Gasteiger partial charge in [0.1, 0.15) is 12.4 Å². The molecule has 0 bridgehead atoms. The van der Waals surface area contributed by atoms with Gasteiger partial charge in [0.15, 0.2) is 5.82 Å². The summed E-state index contributed by atoms with van der Waals surface area (Å²) < 4.78 is 5.72. The molecule has 1 aliphatic carbocycles. The van der Waals surface area contributed by atoms with Crippen molar-refractivity contribution in [1.29, 1.82) is 0 Å². The van der Waals surface area contributed by atoms with Crippen molar-refractivity contribution in [3.63, 3.8) is 0 Å². The average molecular weight is 423 g/mol. The Morgan fingerprint density at radius 1 is 1.39 bits per heavy atom. The van der Waals surface area contributed by atoms with Gasteiger partial charge in [0, 0.05) is 11.6 Å². The number of amides is 1. The second kappa shape index (κ2) is 10.2. The van der Waals surface area contributed by atoms with Crippen LogP contribution < -0.4 is 10.1 Å². The molecule has 0 aliphatic heterocycles. The van der Waals surface area contributed by atoms with Gasteiger partial charge in [-0.1, -0.05) is 42.6 Å². The predicted octanol–water partition coefficient (Wildman–Crippen LogP) is 4.52. The number of aromatic nitrogens is 3. The summed E-state index contributed by atoms with van der Waals surface area (Å²) in [6, 6.07) is 5.51. The zero-order valence-electron chi connectivity index (χ0n) is 16.3. The summed E-state index contributed by atoms with van der Waals surface area (Å²) >= 11 is 7.37. The molecule has 0 spiro atoms. The fraction of sp³-hybridized carbons (Fsp3) is 0.550. The van der Waals surface area contributed by atoms with E-state index in [0.29, 0.717) is 21.9 Å². The number of carbonyl (C=O) groups excluding carboxylic acids is 1. The summed E-state index contributed by atoms with van der Waals surface area (Å²) in [6.07, 6.45) is 6.33. The van der Waals surface area contributed by atoms with Crippen LogP contribution in [0.25, 0.3) is 0 Å². The van der Waals surface area contributed by atoms with Crippen LogP contribution in [-0.2, 0) is 11.4 Å². The van der Waals surface area contributed by atoms with Crippen LogP contribution in [0.3, 0.4) is 0 Å². The summed E-state index contributed by atoms with van der Waals surface area (Å²) in [5, 5.41) is 11.1. The van der Waals surface area contributed by atoms with E-state index in [1.807, 2.05) is 32.0 Å². The Morgan fingerprint density at radius 3 is 2.93 bits per heavy atom. The molecule has 2 N–H and O–H groups in total. The van der Waals surface area contributed by atoms with E-state index < -0.39 is 0 Å². The number of aryl methyl sites for hydroxylation is 1. The van der Waals surface area contributed by atoms with Crippen LogP contribution in [-0.4, -0.2) is 32.9 Å². The standard InChI is InChI=1S/C20H27ClN4O2S/c1-13-10-16(8-9-17(13)21)27-12-18-23-20(25-24-18)28-14(2)19(26)22-11-15-6-4-3-5-7-15/h8-10,14-15H,3-7,11-12H2,1-2H3,(H,22,26)(H,23,24,25)/t14-/m0/s1. The first kappa shape index (κ1) is 21.0. The molecule has 1 aromatic heterocycles. The molecular weight excluding hydrogens is 396 g/mol. The van der Waals surface area contributed by atoms with Gasteiger partial charge in [-0.15, -0.1) is 5.10 Å². The van der Waals surface area contributed by atoms with Crippen LogP contribution in [0, 0.1) is 12.8 Å². The van der Waals surface area contributed by atoms with E-state index in [1.54, 1.807) is 0 Å². The van der Waals surface area contributed by atoms with Crippen molar-refractivity contribution < 1.29 is 9.53 Å². The van der Waals surface area contributed by atoms with E-state index in [1.165, 1.54) is 43.9 Å². The molecule has 1 fully saturated rings. The van der Waals surface area contributed by atoms with Crippen LogP contribution in [0.1, 0.15) is 50.4 Å². The Balaban J connectivity index is 1.43. The number of aromatic amines is 1. The van der Waals surface area contributed by atoms with E-state index in [4.69, 9.17) is 16.3 Å². The van der Waals surface area contributed by atoms with Crippen LogP contribution in [0.2, 0.25) is 5.02 Å². The first-order chi connectivity index (χ1) is 13.5. The van der Waals surface area contributed by atoms with Crippen molar-refractivity contribution in [1.82, 2.24) is 20.5 Å². The maximum absolute atomic E-state index is 12.3.